The molecular weight excluding hydrogens is 83.7 g/mol. The Morgan fingerprint density at radius 1 is 0.750 bits per heavy atom. The molecule has 0 amide bonds. The topological polar surface area (TPSA) is 0 Å². The molecule has 0 bridgehead atoms. The van der Waals surface area contributed by atoms with Crippen molar-refractivity contribution in [1.29, 1.82) is 0 Å². The summed E-state index contributed by atoms with van der Waals surface area (Å²) in [6.45, 7) is 0. The van der Waals surface area contributed by atoms with Gasteiger partial charge in [0.25, 0.3) is 0 Å². The minimum absolute atomic E-state index is 0. The summed E-state index contributed by atoms with van der Waals surface area (Å²) < 4.78 is 0. The van der Waals surface area contributed by atoms with Gasteiger partial charge in [0.05, 0.1) is 0 Å². The van der Waals surface area contributed by atoms with Crippen LogP contribution in [0.25, 0.3) is 0 Å². The van der Waals surface area contributed by atoms with Gasteiger partial charge in [-0.15, -0.1) is 0 Å². The van der Waals surface area contributed by atoms with Crippen LogP contribution in [0.2, 0.25) is 0 Å². The summed E-state index contributed by atoms with van der Waals surface area (Å²) >= 11 is 0. The first kappa shape index (κ1) is 29.4. The summed E-state index contributed by atoms with van der Waals surface area (Å²) in [5.41, 5.74) is 0. The molecule has 0 unspecified atom stereocenters. The fourth-order valence-corrected chi connectivity index (χ4v) is 0. The van der Waals surface area contributed by atoms with E-state index in [9.17, 15) is 0 Å². The monoisotopic (exact) mass is 92.0 g/mol. The van der Waals surface area contributed by atoms with Crippen LogP contribution < -0.4 is 80.9 Å². The van der Waals surface area contributed by atoms with E-state index >= 15 is 0 Å². The molecule has 0 atom stereocenters. The van der Waals surface area contributed by atoms with Crippen molar-refractivity contribution >= 4 is 16.8 Å². The minimum atomic E-state index is 0. The molecule has 0 radical (unpaired) electrons. The zero-order valence-electron chi connectivity index (χ0n) is 2.00. The van der Waals surface area contributed by atoms with Crippen LogP contribution in [-0.2, 0) is 0 Å². The van der Waals surface area contributed by atoms with E-state index in [1.807, 2.05) is 0 Å². The third-order valence-electron chi connectivity index (χ3n) is 0. The number of hydrogen-bond donors (Lipinski definition) is 0. The first-order valence-electron chi connectivity index (χ1n) is 0. The van der Waals surface area contributed by atoms with Crippen LogP contribution in [-0.4, -0.2) is 16.8 Å². The molecule has 0 aromatic rings. The predicted molar refractivity (Wildman–Crippen MR) is 22.7 cm³/mol. The van der Waals surface area contributed by atoms with Crippen molar-refractivity contribution in [2.75, 3.05) is 0 Å². The van der Waals surface area contributed by atoms with Gasteiger partial charge in [0.2, 0.25) is 0 Å². The van der Waals surface area contributed by atoms with E-state index < -0.39 is 0 Å². The average Bonchev–Trinajstić information content (AvgIpc) is 0. The predicted octanol–water partition coefficient (Wildman–Crippen LogP) is -8.90. The first-order valence-corrected chi connectivity index (χ1v) is 0. The maximum absolute atomic E-state index is 0. The van der Waals surface area contributed by atoms with Gasteiger partial charge in [-0.3, -0.25) is 0 Å². The largest absolute Gasteiger partial charge is 1.00 e. The molecule has 0 aliphatic heterocycles. The van der Waals surface area contributed by atoms with Gasteiger partial charge in [0.1, 0.15) is 0 Å². The van der Waals surface area contributed by atoms with Crippen molar-refractivity contribution < 1.29 is 80.9 Å². The molecule has 4 heteroatoms. The molecule has 0 aliphatic rings. The maximum atomic E-state index is 0. The van der Waals surface area contributed by atoms with Gasteiger partial charge in [0, 0.05) is 0 Å². The molecule has 0 aliphatic carbocycles. The van der Waals surface area contributed by atoms with Gasteiger partial charge in [0.15, 0.2) is 0 Å². The Kier molecular flexibility index (Phi) is 126. The molecule has 0 N–H and O–H groups in total. The summed E-state index contributed by atoms with van der Waals surface area (Å²) in [6, 6.07) is 0. The van der Waals surface area contributed by atoms with Crippen LogP contribution in [0.4, 0.5) is 0 Å². The quantitative estimate of drug-likeness (QED) is 0.260. The standard InChI is InChI=1S/2BH4.K.Na/h2*1H4;;/q2*-1;2*+1. The molecule has 0 saturated carbocycles. The van der Waals surface area contributed by atoms with Crippen molar-refractivity contribution in [2.45, 2.75) is 0 Å². The molecule has 16 valence electrons. The second-order valence-corrected chi connectivity index (χ2v) is 0. The molecule has 0 spiro atoms. The Labute approximate surface area is 95.3 Å². The van der Waals surface area contributed by atoms with Crippen molar-refractivity contribution in [3.05, 3.63) is 0 Å². The first-order chi connectivity index (χ1) is 0. The summed E-state index contributed by atoms with van der Waals surface area (Å²) in [5, 5.41) is 0. The Morgan fingerprint density at radius 3 is 0.750 bits per heavy atom. The minimum Gasteiger partial charge on any atom is -0.0626 e. The summed E-state index contributed by atoms with van der Waals surface area (Å²) in [4.78, 5) is 0. The molecule has 0 heterocycles. The second kappa shape index (κ2) is 17.1. The molecule has 0 nitrogen and oxygen atoms in total. The zero-order valence-corrected chi connectivity index (χ0v) is 7.12. The van der Waals surface area contributed by atoms with Crippen molar-refractivity contribution in [3.8, 4) is 0 Å². The third-order valence-corrected chi connectivity index (χ3v) is 0. The molecule has 0 rings (SSSR count). The summed E-state index contributed by atoms with van der Waals surface area (Å²) in [7, 11) is 0. The molecule has 0 aromatic heterocycles. The van der Waals surface area contributed by atoms with Crippen molar-refractivity contribution in [2.24, 2.45) is 0 Å². The third kappa shape index (κ3) is 8.84. The molecular formula is H8B2KNa. The Balaban J connectivity index is 0. The SMILES string of the molecule is [BH4-].[BH4-].[K+].[Na+]. The Morgan fingerprint density at radius 2 is 0.750 bits per heavy atom. The Hall–Kier alpha value is 2.77. The molecule has 0 saturated heterocycles. The maximum Gasteiger partial charge on any atom is 1.00 e. The summed E-state index contributed by atoms with van der Waals surface area (Å²) in [6.07, 6.45) is 0. The van der Waals surface area contributed by atoms with Gasteiger partial charge >= 0.3 is 80.9 Å². The van der Waals surface area contributed by atoms with Gasteiger partial charge < -0.3 is 0 Å². The average molecular weight is 91.8 g/mol. The van der Waals surface area contributed by atoms with Crippen molar-refractivity contribution in [1.82, 2.24) is 0 Å². The number of hydrogen-bond acceptors (Lipinski definition) is 0. The fraction of sp³-hybridized carbons (Fsp3) is 0. The number of rotatable bonds is 0. The van der Waals surface area contributed by atoms with Gasteiger partial charge in [-0.25, -0.2) is 0 Å². The molecule has 0 fully saturated rings. The zero-order chi connectivity index (χ0) is 0. The summed E-state index contributed by atoms with van der Waals surface area (Å²) in [5.74, 6) is 0. The van der Waals surface area contributed by atoms with Crippen molar-refractivity contribution in [3.63, 3.8) is 0 Å². The van der Waals surface area contributed by atoms with Crippen LogP contribution in [0.5, 0.6) is 0 Å². The van der Waals surface area contributed by atoms with E-state index in [1.165, 1.54) is 0 Å². The van der Waals surface area contributed by atoms with E-state index in [0.29, 0.717) is 0 Å². The van der Waals surface area contributed by atoms with Gasteiger partial charge in [-0.05, 0) is 0 Å². The molecule has 0 aromatic carbocycles. The normalized spacial score (nSPS) is 0. The van der Waals surface area contributed by atoms with Gasteiger partial charge in [-0.2, -0.15) is 0 Å². The van der Waals surface area contributed by atoms with Crippen LogP contribution in [0.15, 0.2) is 0 Å². The molecule has 4 heavy (non-hydrogen) atoms. The fourth-order valence-electron chi connectivity index (χ4n) is 0. The van der Waals surface area contributed by atoms with E-state index in [1.54, 1.807) is 0 Å². The smallest absolute Gasteiger partial charge is 0.0626 e. The van der Waals surface area contributed by atoms with E-state index in [-0.39, 0.29) is 97.8 Å². The van der Waals surface area contributed by atoms with Gasteiger partial charge in [-0.1, -0.05) is 16.8 Å². The van der Waals surface area contributed by atoms with E-state index in [2.05, 4.69) is 0 Å². The Bertz CT molecular complexity index is 6.00. The van der Waals surface area contributed by atoms with Crippen LogP contribution in [0.1, 0.15) is 0 Å². The van der Waals surface area contributed by atoms with Crippen LogP contribution in [0, 0.1) is 0 Å². The van der Waals surface area contributed by atoms with E-state index in [0.717, 1.165) is 0 Å². The second-order valence-electron chi connectivity index (χ2n) is 0. The van der Waals surface area contributed by atoms with E-state index in [4.69, 9.17) is 0 Å². The van der Waals surface area contributed by atoms with Crippen LogP contribution in [0.3, 0.4) is 0 Å². The van der Waals surface area contributed by atoms with Crippen LogP contribution >= 0.6 is 0 Å².